The Morgan fingerprint density at radius 3 is 2.76 bits per heavy atom. The highest BCUT2D eigenvalue weighted by atomic mass is 15.3. The van der Waals surface area contributed by atoms with Gasteiger partial charge in [0.25, 0.3) is 0 Å². The van der Waals surface area contributed by atoms with Crippen LogP contribution in [0.3, 0.4) is 0 Å². The first-order valence-electron chi connectivity index (χ1n) is 9.30. The third-order valence-electron chi connectivity index (χ3n) is 4.20. The summed E-state index contributed by atoms with van der Waals surface area (Å²) in [5, 5.41) is 12.9. The molecule has 0 saturated carbocycles. The van der Waals surface area contributed by atoms with Crippen molar-refractivity contribution in [2.24, 2.45) is 16.0 Å². The van der Waals surface area contributed by atoms with E-state index in [1.54, 1.807) is 10.9 Å². The topological polar surface area (TPSA) is 97.8 Å². The fraction of sp³-hybridized carbons (Fsp3) is 0.611. The summed E-state index contributed by atoms with van der Waals surface area (Å²) in [6.07, 6.45) is 14.8. The molecule has 0 spiro atoms. The van der Waals surface area contributed by atoms with Gasteiger partial charge in [-0.1, -0.05) is 32.3 Å². The van der Waals surface area contributed by atoms with Crippen molar-refractivity contribution >= 4 is 11.5 Å². The van der Waals surface area contributed by atoms with Crippen molar-refractivity contribution in [1.82, 2.24) is 14.7 Å². The van der Waals surface area contributed by atoms with E-state index in [0.29, 0.717) is 18.1 Å². The third kappa shape index (κ3) is 6.34. The van der Waals surface area contributed by atoms with Gasteiger partial charge in [0.15, 0.2) is 0 Å². The first-order chi connectivity index (χ1) is 12.2. The number of hydrogen-bond acceptors (Lipinski definition) is 6. The van der Waals surface area contributed by atoms with Crippen LogP contribution < -0.4 is 11.5 Å². The molecule has 0 aliphatic carbocycles. The zero-order valence-electron chi connectivity index (χ0n) is 15.3. The Balaban J connectivity index is 1.89. The van der Waals surface area contributed by atoms with Crippen molar-refractivity contribution in [3.05, 3.63) is 30.2 Å². The maximum absolute atomic E-state index is 6.09. The van der Waals surface area contributed by atoms with Gasteiger partial charge in [0.05, 0.1) is 6.20 Å². The van der Waals surface area contributed by atoms with Crippen molar-refractivity contribution in [3.63, 3.8) is 0 Å². The van der Waals surface area contributed by atoms with E-state index < -0.39 is 0 Å². The Hall–Kier alpha value is -2.15. The Kier molecular flexibility index (Phi) is 8.18. The predicted molar refractivity (Wildman–Crippen MR) is 102 cm³/mol. The second-order valence-electron chi connectivity index (χ2n) is 6.35. The van der Waals surface area contributed by atoms with Gasteiger partial charge in [-0.05, 0) is 31.9 Å². The van der Waals surface area contributed by atoms with Crippen molar-refractivity contribution in [2.75, 3.05) is 25.4 Å². The molecule has 7 heteroatoms. The fourth-order valence-corrected chi connectivity index (χ4v) is 2.71. The fourth-order valence-electron chi connectivity index (χ4n) is 2.71. The monoisotopic (exact) mass is 345 g/mol. The Morgan fingerprint density at radius 2 is 1.96 bits per heavy atom. The molecule has 1 aromatic rings. The van der Waals surface area contributed by atoms with E-state index in [9.17, 15) is 0 Å². The van der Waals surface area contributed by atoms with Gasteiger partial charge in [-0.15, -0.1) is 10.2 Å². The number of azo groups is 1. The summed E-state index contributed by atoms with van der Waals surface area (Å²) in [4.78, 5) is 2.28. The molecule has 0 atom stereocenters. The largest absolute Gasteiger partial charge is 0.382 e. The molecule has 0 bridgehead atoms. The number of hydrogen-bond donors (Lipinski definition) is 2. The quantitative estimate of drug-likeness (QED) is 0.473. The van der Waals surface area contributed by atoms with Crippen LogP contribution in [-0.4, -0.2) is 34.3 Å². The van der Waals surface area contributed by atoms with Crippen LogP contribution in [0.1, 0.15) is 45.4 Å². The van der Waals surface area contributed by atoms with Gasteiger partial charge in [0.2, 0.25) is 0 Å². The first kappa shape index (κ1) is 19.2. The molecular formula is C18H31N7. The minimum absolute atomic E-state index is 0.553. The highest BCUT2D eigenvalue weighted by Crippen LogP contribution is 2.23. The molecule has 7 nitrogen and oxygen atoms in total. The molecular weight excluding hydrogens is 314 g/mol. The molecule has 0 saturated heterocycles. The molecule has 0 unspecified atom stereocenters. The van der Waals surface area contributed by atoms with Crippen molar-refractivity contribution in [1.29, 1.82) is 0 Å². The van der Waals surface area contributed by atoms with E-state index in [1.165, 1.54) is 25.7 Å². The van der Waals surface area contributed by atoms with Crippen LogP contribution in [0.2, 0.25) is 0 Å². The second-order valence-corrected chi connectivity index (χ2v) is 6.35. The Labute approximate surface area is 150 Å². The number of anilines is 1. The van der Waals surface area contributed by atoms with Crippen LogP contribution in [-0.2, 0) is 6.54 Å². The lowest BCUT2D eigenvalue weighted by Crippen LogP contribution is -2.21. The molecule has 0 fully saturated rings. The summed E-state index contributed by atoms with van der Waals surface area (Å²) in [7, 11) is 0. The molecule has 2 heterocycles. The van der Waals surface area contributed by atoms with Crippen LogP contribution in [0.15, 0.2) is 40.5 Å². The predicted octanol–water partition coefficient (Wildman–Crippen LogP) is 3.58. The van der Waals surface area contributed by atoms with E-state index in [0.717, 1.165) is 38.2 Å². The number of rotatable bonds is 11. The maximum atomic E-state index is 6.09. The number of allylic oxidation sites excluding steroid dienone is 1. The summed E-state index contributed by atoms with van der Waals surface area (Å²) in [5.74, 6) is 0.553. The molecule has 4 N–H and O–H groups in total. The highest BCUT2D eigenvalue weighted by Gasteiger charge is 2.08. The van der Waals surface area contributed by atoms with Gasteiger partial charge in [-0.3, -0.25) is 0 Å². The van der Waals surface area contributed by atoms with E-state index in [-0.39, 0.29) is 0 Å². The molecule has 0 aromatic carbocycles. The second kappa shape index (κ2) is 10.7. The lowest BCUT2D eigenvalue weighted by Gasteiger charge is -2.21. The normalized spacial score (nSPS) is 14.5. The highest BCUT2D eigenvalue weighted by molar-refractivity contribution is 5.56. The molecule has 0 amide bonds. The number of aryl methyl sites for hydroxylation is 1. The number of nitrogens with two attached hydrogens (primary N) is 2. The first-order valence-corrected chi connectivity index (χ1v) is 9.30. The lowest BCUT2D eigenvalue weighted by atomic mass is 10.2. The van der Waals surface area contributed by atoms with Gasteiger partial charge in [0.1, 0.15) is 17.2 Å². The molecule has 2 rings (SSSR count). The summed E-state index contributed by atoms with van der Waals surface area (Å²) in [6.45, 7) is 5.67. The third-order valence-corrected chi connectivity index (χ3v) is 4.20. The lowest BCUT2D eigenvalue weighted by molar-refractivity contribution is 0.390. The van der Waals surface area contributed by atoms with Crippen LogP contribution in [0, 0.1) is 0 Å². The Bertz CT molecular complexity index is 601. The number of nitrogen functional groups attached to an aromatic ring is 1. The van der Waals surface area contributed by atoms with E-state index in [4.69, 9.17) is 11.5 Å². The summed E-state index contributed by atoms with van der Waals surface area (Å²) in [5.41, 5.74) is 13.1. The van der Waals surface area contributed by atoms with Crippen LogP contribution in [0.25, 0.3) is 0 Å². The zero-order chi connectivity index (χ0) is 17.9. The summed E-state index contributed by atoms with van der Waals surface area (Å²) in [6, 6.07) is 0. The van der Waals surface area contributed by atoms with Crippen molar-refractivity contribution in [3.8, 4) is 0 Å². The zero-order valence-corrected chi connectivity index (χ0v) is 15.3. The minimum Gasteiger partial charge on any atom is -0.382 e. The molecule has 1 aliphatic heterocycles. The van der Waals surface area contributed by atoms with Crippen LogP contribution >= 0.6 is 0 Å². The molecule has 138 valence electrons. The average Bonchev–Trinajstić information content (AvgIpc) is 2.98. The van der Waals surface area contributed by atoms with Gasteiger partial charge in [-0.2, -0.15) is 5.10 Å². The minimum atomic E-state index is 0.553. The van der Waals surface area contributed by atoms with Crippen molar-refractivity contribution in [2.45, 2.75) is 52.0 Å². The van der Waals surface area contributed by atoms with Crippen LogP contribution in [0.4, 0.5) is 11.5 Å². The molecule has 0 radical (unpaired) electrons. The van der Waals surface area contributed by atoms with Gasteiger partial charge in [-0.25, -0.2) is 4.68 Å². The van der Waals surface area contributed by atoms with Gasteiger partial charge < -0.3 is 16.4 Å². The van der Waals surface area contributed by atoms with E-state index in [2.05, 4.69) is 39.4 Å². The maximum Gasteiger partial charge on any atom is 0.149 e. The standard InChI is InChI=1S/C18H31N7/c1-2-3-4-6-11-24-12-8-9-16(15-24)22-23-17-14-21-25(18(17)20)13-7-5-10-19/h8-9,14-15H,2-7,10-13,19-20H2,1H3. The van der Waals surface area contributed by atoms with Gasteiger partial charge in [0, 0.05) is 25.8 Å². The van der Waals surface area contributed by atoms with Gasteiger partial charge >= 0.3 is 0 Å². The van der Waals surface area contributed by atoms with E-state index in [1.807, 2.05) is 6.08 Å². The SMILES string of the molecule is CCCCCCN1C=C(N=Nc2cnn(CCCCN)c2N)C=CC1. The summed E-state index contributed by atoms with van der Waals surface area (Å²) < 4.78 is 1.76. The van der Waals surface area contributed by atoms with Crippen LogP contribution in [0.5, 0.6) is 0 Å². The van der Waals surface area contributed by atoms with Crippen molar-refractivity contribution < 1.29 is 0 Å². The smallest absolute Gasteiger partial charge is 0.149 e. The number of aromatic nitrogens is 2. The Morgan fingerprint density at radius 1 is 1.12 bits per heavy atom. The number of nitrogens with zero attached hydrogens (tertiary/aromatic N) is 5. The number of unbranched alkanes of at least 4 members (excludes halogenated alkanes) is 4. The summed E-state index contributed by atoms with van der Waals surface area (Å²) >= 11 is 0. The van der Waals surface area contributed by atoms with E-state index >= 15 is 0 Å². The molecule has 1 aliphatic rings. The molecule has 25 heavy (non-hydrogen) atoms. The average molecular weight is 345 g/mol. The molecule has 1 aromatic heterocycles.